The standard InChI is InChI=1S/C30H26N2O5/c33-26-11-10-22-23(24-16-21-8-4-5-9-27(21)36-30(24)35)17-28(34)37-29(22)25(26)19-32-14-12-31(13-15-32)18-20-6-2-1-3-7-20/h1-11,16-17,33H,12-15,18-19H2. The third-order valence-electron chi connectivity index (χ3n) is 7.02. The lowest BCUT2D eigenvalue weighted by Crippen LogP contribution is -2.45. The summed E-state index contributed by atoms with van der Waals surface area (Å²) in [6.45, 7) is 4.77. The molecule has 0 spiro atoms. The molecular formula is C30H26N2O5. The van der Waals surface area contributed by atoms with Crippen molar-refractivity contribution >= 4 is 21.9 Å². The molecule has 3 heterocycles. The third-order valence-corrected chi connectivity index (χ3v) is 7.02. The second-order valence-corrected chi connectivity index (χ2v) is 9.44. The van der Waals surface area contributed by atoms with Crippen molar-refractivity contribution in [3.05, 3.63) is 111 Å². The maximum absolute atomic E-state index is 12.9. The largest absolute Gasteiger partial charge is 0.507 e. The summed E-state index contributed by atoms with van der Waals surface area (Å²) in [5.74, 6) is 0.0602. The normalized spacial score (nSPS) is 14.9. The van der Waals surface area contributed by atoms with Crippen LogP contribution in [-0.4, -0.2) is 41.1 Å². The van der Waals surface area contributed by atoms with E-state index in [1.807, 2.05) is 18.2 Å². The lowest BCUT2D eigenvalue weighted by atomic mass is 9.99. The van der Waals surface area contributed by atoms with Gasteiger partial charge in [0.25, 0.3) is 0 Å². The van der Waals surface area contributed by atoms with Crippen LogP contribution < -0.4 is 11.3 Å². The maximum atomic E-state index is 12.9. The molecule has 5 aromatic rings. The van der Waals surface area contributed by atoms with Crippen molar-refractivity contribution in [3.63, 3.8) is 0 Å². The van der Waals surface area contributed by atoms with Gasteiger partial charge in [0.05, 0.1) is 11.1 Å². The Morgan fingerprint density at radius 3 is 2.22 bits per heavy atom. The zero-order valence-electron chi connectivity index (χ0n) is 20.2. The number of nitrogens with zero attached hydrogens (tertiary/aromatic N) is 2. The summed E-state index contributed by atoms with van der Waals surface area (Å²) in [5, 5.41) is 12.1. The second kappa shape index (κ2) is 9.69. The Morgan fingerprint density at radius 1 is 0.730 bits per heavy atom. The van der Waals surface area contributed by atoms with Crippen LogP contribution in [0.1, 0.15) is 11.1 Å². The van der Waals surface area contributed by atoms with Crippen molar-refractivity contribution in [1.29, 1.82) is 0 Å². The number of piperazine rings is 1. The second-order valence-electron chi connectivity index (χ2n) is 9.44. The Balaban J connectivity index is 1.32. The molecule has 7 nitrogen and oxygen atoms in total. The van der Waals surface area contributed by atoms with E-state index in [2.05, 4.69) is 34.1 Å². The van der Waals surface area contributed by atoms with Crippen LogP contribution >= 0.6 is 0 Å². The number of phenolic OH excluding ortho intramolecular Hbond substituents is 1. The zero-order valence-corrected chi connectivity index (χ0v) is 20.2. The minimum Gasteiger partial charge on any atom is -0.507 e. The third kappa shape index (κ3) is 4.67. The molecule has 1 aliphatic rings. The SMILES string of the molecule is O=c1cc(-c2cc3ccccc3oc2=O)c2ccc(O)c(CN3CCN(Cc4ccccc4)CC3)c2o1. The van der Waals surface area contributed by atoms with E-state index in [-0.39, 0.29) is 11.3 Å². The van der Waals surface area contributed by atoms with Crippen molar-refractivity contribution in [3.8, 4) is 16.9 Å². The molecule has 1 fully saturated rings. The lowest BCUT2D eigenvalue weighted by molar-refractivity contribution is 0.121. The van der Waals surface area contributed by atoms with E-state index in [0.717, 1.165) is 38.1 Å². The van der Waals surface area contributed by atoms with Gasteiger partial charge in [0.2, 0.25) is 0 Å². The molecule has 1 N–H and O–H groups in total. The number of rotatable bonds is 5. The number of aromatic hydroxyl groups is 1. The topological polar surface area (TPSA) is 87.1 Å². The summed E-state index contributed by atoms with van der Waals surface area (Å²) >= 11 is 0. The first kappa shape index (κ1) is 23.2. The summed E-state index contributed by atoms with van der Waals surface area (Å²) in [4.78, 5) is 30.1. The fourth-order valence-electron chi connectivity index (χ4n) is 5.07. The predicted molar refractivity (Wildman–Crippen MR) is 143 cm³/mol. The van der Waals surface area contributed by atoms with Gasteiger partial charge < -0.3 is 13.9 Å². The first-order valence-corrected chi connectivity index (χ1v) is 12.4. The molecule has 0 aliphatic carbocycles. The van der Waals surface area contributed by atoms with Gasteiger partial charge in [-0.25, -0.2) is 9.59 Å². The maximum Gasteiger partial charge on any atom is 0.344 e. The van der Waals surface area contributed by atoms with Crippen molar-refractivity contribution < 1.29 is 13.9 Å². The summed E-state index contributed by atoms with van der Waals surface area (Å²) in [6.07, 6.45) is 0. The van der Waals surface area contributed by atoms with E-state index < -0.39 is 11.3 Å². The lowest BCUT2D eigenvalue weighted by Gasteiger charge is -2.34. The van der Waals surface area contributed by atoms with Gasteiger partial charge in [-0.1, -0.05) is 48.5 Å². The van der Waals surface area contributed by atoms with E-state index in [4.69, 9.17) is 8.83 Å². The van der Waals surface area contributed by atoms with Crippen LogP contribution in [0.5, 0.6) is 5.75 Å². The van der Waals surface area contributed by atoms with Crippen molar-refractivity contribution in [2.24, 2.45) is 0 Å². The number of hydrogen-bond acceptors (Lipinski definition) is 7. The molecule has 0 radical (unpaired) electrons. The first-order chi connectivity index (χ1) is 18.0. The van der Waals surface area contributed by atoms with Crippen LogP contribution in [0, 0.1) is 0 Å². The highest BCUT2D eigenvalue weighted by atomic mass is 16.4. The summed E-state index contributed by atoms with van der Waals surface area (Å²) in [5.41, 5.74) is 2.19. The van der Waals surface area contributed by atoms with E-state index in [1.54, 1.807) is 30.3 Å². The van der Waals surface area contributed by atoms with Crippen molar-refractivity contribution in [2.75, 3.05) is 26.2 Å². The Labute approximate surface area is 212 Å². The van der Waals surface area contributed by atoms with E-state index in [9.17, 15) is 14.7 Å². The Kier molecular flexibility index (Phi) is 6.08. The number of para-hydroxylation sites is 1. The van der Waals surface area contributed by atoms with E-state index >= 15 is 0 Å². The molecule has 1 saturated heterocycles. The molecule has 0 amide bonds. The highest BCUT2D eigenvalue weighted by molar-refractivity contribution is 5.97. The molecule has 0 bridgehead atoms. The predicted octanol–water partition coefficient (Wildman–Crippen LogP) is 4.59. The zero-order chi connectivity index (χ0) is 25.4. The Bertz CT molecular complexity index is 1700. The van der Waals surface area contributed by atoms with Crippen molar-refractivity contribution in [1.82, 2.24) is 9.80 Å². The van der Waals surface area contributed by atoms with Gasteiger partial charge in [0.1, 0.15) is 16.9 Å². The molecule has 6 rings (SSSR count). The van der Waals surface area contributed by atoms with Gasteiger partial charge in [0.15, 0.2) is 0 Å². The average Bonchev–Trinajstić information content (AvgIpc) is 2.91. The minimum absolute atomic E-state index is 0.0602. The van der Waals surface area contributed by atoms with Crippen LogP contribution in [0.15, 0.2) is 97.3 Å². The highest BCUT2D eigenvalue weighted by Gasteiger charge is 2.22. The summed E-state index contributed by atoms with van der Waals surface area (Å²) < 4.78 is 11.1. The molecule has 0 atom stereocenters. The molecule has 7 heteroatoms. The van der Waals surface area contributed by atoms with Gasteiger partial charge in [-0.15, -0.1) is 0 Å². The monoisotopic (exact) mass is 494 g/mol. The van der Waals surface area contributed by atoms with Crippen LogP contribution in [0.25, 0.3) is 33.1 Å². The van der Waals surface area contributed by atoms with Gasteiger partial charge in [0, 0.05) is 61.7 Å². The van der Waals surface area contributed by atoms with Crippen molar-refractivity contribution in [2.45, 2.75) is 13.1 Å². The molecular weight excluding hydrogens is 468 g/mol. The van der Waals surface area contributed by atoms with Gasteiger partial charge >= 0.3 is 11.3 Å². The van der Waals surface area contributed by atoms with Gasteiger partial charge in [-0.3, -0.25) is 9.80 Å². The number of fused-ring (bicyclic) bond motifs is 2. The number of hydrogen-bond donors (Lipinski definition) is 1. The van der Waals surface area contributed by atoms with Gasteiger partial charge in [-0.05, 0) is 29.8 Å². The summed E-state index contributed by atoms with van der Waals surface area (Å²) in [7, 11) is 0. The fourth-order valence-corrected chi connectivity index (χ4v) is 5.07. The molecule has 0 saturated carbocycles. The van der Waals surface area contributed by atoms with Gasteiger partial charge in [-0.2, -0.15) is 0 Å². The summed E-state index contributed by atoms with van der Waals surface area (Å²) in [6, 6.07) is 24.0. The van der Waals surface area contributed by atoms with E-state index in [1.165, 1.54) is 11.6 Å². The molecule has 3 aromatic carbocycles. The Morgan fingerprint density at radius 2 is 1.43 bits per heavy atom. The number of phenols is 1. The minimum atomic E-state index is -0.588. The average molecular weight is 495 g/mol. The molecule has 186 valence electrons. The van der Waals surface area contributed by atoms with Crippen LogP contribution in [0.2, 0.25) is 0 Å². The molecule has 2 aromatic heterocycles. The molecule has 1 aliphatic heterocycles. The highest BCUT2D eigenvalue weighted by Crippen LogP contribution is 2.34. The number of benzene rings is 3. The molecule has 37 heavy (non-hydrogen) atoms. The first-order valence-electron chi connectivity index (χ1n) is 12.4. The van der Waals surface area contributed by atoms with E-state index in [0.29, 0.717) is 34.2 Å². The van der Waals surface area contributed by atoms with Crippen LogP contribution in [0.4, 0.5) is 0 Å². The quantitative estimate of drug-likeness (QED) is 0.358. The smallest absolute Gasteiger partial charge is 0.344 e. The van der Waals surface area contributed by atoms with Crippen LogP contribution in [0.3, 0.4) is 0 Å². The van der Waals surface area contributed by atoms with Crippen LogP contribution in [-0.2, 0) is 13.1 Å². The molecule has 0 unspecified atom stereocenters. The fraction of sp³-hybridized carbons (Fsp3) is 0.200. The Hall–Kier alpha value is -4.20.